The molecular formula is C52H65BN2. The molecule has 0 fully saturated rings. The summed E-state index contributed by atoms with van der Waals surface area (Å²) in [6.07, 6.45) is 4.41. The number of benzene rings is 5. The van der Waals surface area contributed by atoms with Gasteiger partial charge >= 0.3 is 0 Å². The van der Waals surface area contributed by atoms with Crippen molar-refractivity contribution < 1.29 is 0 Å². The van der Waals surface area contributed by atoms with Crippen molar-refractivity contribution in [3.63, 3.8) is 0 Å². The Morgan fingerprint density at radius 1 is 0.418 bits per heavy atom. The predicted molar refractivity (Wildman–Crippen MR) is 243 cm³/mol. The zero-order valence-corrected chi connectivity index (χ0v) is 36.5. The van der Waals surface area contributed by atoms with Crippen LogP contribution < -0.4 is 26.2 Å². The molecule has 2 aliphatic heterocycles. The van der Waals surface area contributed by atoms with Crippen molar-refractivity contribution in [2.24, 2.45) is 0 Å². The van der Waals surface area contributed by atoms with Gasteiger partial charge in [0.1, 0.15) is 0 Å². The van der Waals surface area contributed by atoms with Crippen LogP contribution in [-0.2, 0) is 34.5 Å². The van der Waals surface area contributed by atoms with Crippen LogP contribution in [0, 0.1) is 0 Å². The van der Waals surface area contributed by atoms with Crippen LogP contribution >= 0.6 is 0 Å². The highest BCUT2D eigenvalue weighted by Gasteiger charge is 2.44. The van der Waals surface area contributed by atoms with Gasteiger partial charge in [-0.05, 0) is 133 Å². The zero-order chi connectivity index (χ0) is 39.8. The molecule has 0 saturated carbocycles. The van der Waals surface area contributed by atoms with Crippen LogP contribution in [0.3, 0.4) is 0 Å². The number of rotatable bonds is 6. The molecule has 2 heterocycles. The molecule has 5 aromatic rings. The van der Waals surface area contributed by atoms with E-state index in [4.69, 9.17) is 0 Å². The number of nitrogens with zero attached hydrogens (tertiary/aromatic N) is 2. The molecule has 0 bridgehead atoms. The molecule has 5 aromatic carbocycles. The third kappa shape index (κ3) is 7.18. The number of anilines is 6. The van der Waals surface area contributed by atoms with E-state index in [1.54, 1.807) is 0 Å². The first-order valence-electron chi connectivity index (χ1n) is 21.0. The lowest BCUT2D eigenvalue weighted by Gasteiger charge is -2.45. The second-order valence-electron chi connectivity index (χ2n) is 20.6. The van der Waals surface area contributed by atoms with Crippen LogP contribution in [0.25, 0.3) is 0 Å². The molecule has 0 unspecified atom stereocenters. The minimum absolute atomic E-state index is 0.00646. The Morgan fingerprint density at radius 2 is 0.764 bits per heavy atom. The molecule has 0 saturated heterocycles. The Morgan fingerprint density at radius 3 is 1.07 bits per heavy atom. The Labute approximate surface area is 334 Å². The van der Waals surface area contributed by atoms with Crippen LogP contribution in [-0.4, -0.2) is 6.71 Å². The minimum Gasteiger partial charge on any atom is -0.311 e. The topological polar surface area (TPSA) is 6.48 Å². The van der Waals surface area contributed by atoms with Crippen molar-refractivity contribution in [2.45, 2.75) is 144 Å². The monoisotopic (exact) mass is 729 g/mol. The van der Waals surface area contributed by atoms with Gasteiger partial charge in [-0.25, -0.2) is 0 Å². The summed E-state index contributed by atoms with van der Waals surface area (Å²) in [5.41, 5.74) is 20.2. The molecule has 2 nitrogen and oxygen atoms in total. The lowest BCUT2D eigenvalue weighted by molar-refractivity contribution is 0.568. The number of aryl methyl sites for hydroxylation is 2. The fourth-order valence-corrected chi connectivity index (χ4v) is 8.70. The largest absolute Gasteiger partial charge is 0.311 e. The van der Waals surface area contributed by atoms with E-state index in [1.165, 1.54) is 83.9 Å². The molecule has 2 aliphatic rings. The molecular weight excluding hydrogens is 663 g/mol. The predicted octanol–water partition coefficient (Wildman–Crippen LogP) is 12.9. The van der Waals surface area contributed by atoms with E-state index in [9.17, 15) is 0 Å². The molecule has 0 amide bonds. The molecule has 0 aromatic heterocycles. The quantitative estimate of drug-likeness (QED) is 0.157. The second-order valence-corrected chi connectivity index (χ2v) is 20.6. The van der Waals surface area contributed by atoms with Gasteiger partial charge in [0.2, 0.25) is 0 Å². The maximum atomic E-state index is 2.61. The lowest BCUT2D eigenvalue weighted by Crippen LogP contribution is -2.61. The fourth-order valence-electron chi connectivity index (χ4n) is 8.70. The molecule has 286 valence electrons. The van der Waals surface area contributed by atoms with Crippen molar-refractivity contribution >= 4 is 57.2 Å². The van der Waals surface area contributed by atoms with Gasteiger partial charge in [0.05, 0.1) is 0 Å². The van der Waals surface area contributed by atoms with Crippen LogP contribution in [0.4, 0.5) is 34.1 Å². The first kappa shape index (κ1) is 39.0. The summed E-state index contributed by atoms with van der Waals surface area (Å²) >= 11 is 0. The summed E-state index contributed by atoms with van der Waals surface area (Å²) in [6, 6.07) is 36.6. The molecule has 3 heteroatoms. The van der Waals surface area contributed by atoms with Gasteiger partial charge in [0, 0.05) is 34.1 Å². The van der Waals surface area contributed by atoms with Gasteiger partial charge in [0.15, 0.2) is 0 Å². The van der Waals surface area contributed by atoms with E-state index in [2.05, 4.69) is 198 Å². The van der Waals surface area contributed by atoms with E-state index in [0.29, 0.717) is 0 Å². The summed E-state index contributed by atoms with van der Waals surface area (Å²) < 4.78 is 0. The van der Waals surface area contributed by atoms with Gasteiger partial charge in [-0.3, -0.25) is 0 Å². The molecule has 55 heavy (non-hydrogen) atoms. The van der Waals surface area contributed by atoms with Crippen molar-refractivity contribution in [1.29, 1.82) is 0 Å². The Balaban J connectivity index is 1.60. The van der Waals surface area contributed by atoms with E-state index >= 15 is 0 Å². The number of hydrogen-bond donors (Lipinski definition) is 0. The Kier molecular flexibility index (Phi) is 9.76. The molecule has 0 aliphatic carbocycles. The normalized spacial score (nSPS) is 14.2. The first-order chi connectivity index (χ1) is 25.7. The zero-order valence-electron chi connectivity index (χ0n) is 36.5. The van der Waals surface area contributed by atoms with Gasteiger partial charge in [-0.15, -0.1) is 0 Å². The highest BCUT2D eigenvalue weighted by molar-refractivity contribution is 7.00. The third-order valence-electron chi connectivity index (χ3n) is 12.0. The Bertz CT molecular complexity index is 2030. The van der Waals surface area contributed by atoms with Crippen molar-refractivity contribution in [3.8, 4) is 0 Å². The Hall–Kier alpha value is -4.24. The van der Waals surface area contributed by atoms with Gasteiger partial charge in [0.25, 0.3) is 6.71 Å². The third-order valence-corrected chi connectivity index (χ3v) is 12.0. The van der Waals surface area contributed by atoms with Gasteiger partial charge < -0.3 is 9.80 Å². The van der Waals surface area contributed by atoms with Crippen molar-refractivity contribution in [1.82, 2.24) is 0 Å². The molecule has 0 atom stereocenters. The van der Waals surface area contributed by atoms with Crippen LogP contribution in [0.1, 0.15) is 143 Å². The van der Waals surface area contributed by atoms with Crippen molar-refractivity contribution in [3.05, 3.63) is 124 Å². The SMILES string of the molecule is CCCc1ccc2c(c1)B1c3cc(CCC)ccc3N(c3cc(C(C)(C)C)cc(C(C)(C)C)c3)c3cccc(c31)N2c1cc(C(C)(C)C)cc(C(C)(C)C)c1. The standard InChI is InChI=1S/C52H65BN2/c1-15-18-34-22-24-44-42(26-34)53-43-27-35(19-16-2)23-25-45(43)55(41-32-38(51(9,10)11)29-39(33-41)52(12,13)14)47-21-17-20-46(48(47)53)54(44)40-30-36(49(3,4)5)28-37(31-40)50(6,7)8/h17,20-33H,15-16,18-19H2,1-14H3. The molecule has 0 radical (unpaired) electrons. The van der Waals surface area contributed by atoms with Crippen LogP contribution in [0.15, 0.2) is 91.0 Å². The van der Waals surface area contributed by atoms with Crippen molar-refractivity contribution in [2.75, 3.05) is 9.80 Å². The highest BCUT2D eigenvalue weighted by Crippen LogP contribution is 2.47. The smallest absolute Gasteiger partial charge is 0.252 e. The second kappa shape index (κ2) is 13.8. The number of hydrogen-bond acceptors (Lipinski definition) is 2. The van der Waals surface area contributed by atoms with Gasteiger partial charge in [-0.2, -0.15) is 0 Å². The maximum Gasteiger partial charge on any atom is 0.252 e. The fraction of sp³-hybridized carbons (Fsp3) is 0.423. The average molecular weight is 729 g/mol. The molecule has 7 rings (SSSR count). The van der Waals surface area contributed by atoms with E-state index in [1.807, 2.05) is 0 Å². The summed E-state index contributed by atoms with van der Waals surface area (Å²) in [7, 11) is 0. The first-order valence-corrected chi connectivity index (χ1v) is 21.0. The molecule has 0 N–H and O–H groups in total. The lowest BCUT2D eigenvalue weighted by atomic mass is 9.33. The summed E-state index contributed by atoms with van der Waals surface area (Å²) in [6.45, 7) is 32.9. The molecule has 0 spiro atoms. The van der Waals surface area contributed by atoms with Crippen LogP contribution in [0.2, 0.25) is 0 Å². The van der Waals surface area contributed by atoms with Gasteiger partial charge in [-0.1, -0.05) is 152 Å². The summed E-state index contributed by atoms with van der Waals surface area (Å²) in [4.78, 5) is 5.21. The minimum atomic E-state index is 0.00646. The summed E-state index contributed by atoms with van der Waals surface area (Å²) in [5.74, 6) is 0. The summed E-state index contributed by atoms with van der Waals surface area (Å²) in [5, 5.41) is 0. The number of fused-ring (bicyclic) bond motifs is 4. The van der Waals surface area contributed by atoms with E-state index in [0.717, 1.165) is 25.7 Å². The highest BCUT2D eigenvalue weighted by atomic mass is 15.2. The van der Waals surface area contributed by atoms with E-state index in [-0.39, 0.29) is 28.4 Å². The maximum absolute atomic E-state index is 2.61. The van der Waals surface area contributed by atoms with E-state index < -0.39 is 0 Å². The average Bonchev–Trinajstić information content (AvgIpc) is 3.10. The van der Waals surface area contributed by atoms with Crippen LogP contribution in [0.5, 0.6) is 0 Å².